The van der Waals surface area contributed by atoms with Gasteiger partial charge in [0.1, 0.15) is 5.54 Å². The van der Waals surface area contributed by atoms with Gasteiger partial charge in [-0.15, -0.1) is 0 Å². The molecule has 0 spiro atoms. The molecule has 0 radical (unpaired) electrons. The molecule has 18 heavy (non-hydrogen) atoms. The van der Waals surface area contributed by atoms with Crippen molar-refractivity contribution in [3.63, 3.8) is 0 Å². The highest BCUT2D eigenvalue weighted by atomic mass is 19.4. The minimum absolute atomic E-state index is 0.163. The van der Waals surface area contributed by atoms with E-state index in [2.05, 4.69) is 0 Å². The topological polar surface area (TPSA) is 60.2 Å². The van der Waals surface area contributed by atoms with Crippen molar-refractivity contribution in [3.8, 4) is 0 Å². The molecular formula is C12H12F3NO2. The summed E-state index contributed by atoms with van der Waals surface area (Å²) in [5.74, 6) is -1.58. The fraction of sp³-hybridized carbons (Fsp3) is 0.333. The Balaban J connectivity index is 3.13. The second kappa shape index (κ2) is 4.53. The average Bonchev–Trinajstić information content (AvgIpc) is 2.26. The summed E-state index contributed by atoms with van der Waals surface area (Å²) in [6.45, 7) is 2.36. The zero-order valence-electron chi connectivity index (χ0n) is 9.84. The van der Waals surface area contributed by atoms with Crippen LogP contribution in [0.1, 0.15) is 25.0 Å². The molecule has 0 saturated carbocycles. The van der Waals surface area contributed by atoms with Crippen LogP contribution in [-0.2, 0) is 21.3 Å². The van der Waals surface area contributed by atoms with Gasteiger partial charge in [-0.05, 0) is 24.6 Å². The molecule has 1 rings (SSSR count). The quantitative estimate of drug-likeness (QED) is 0.845. The Morgan fingerprint density at radius 1 is 1.06 bits per heavy atom. The van der Waals surface area contributed by atoms with Gasteiger partial charge >= 0.3 is 6.18 Å². The Kier molecular flexibility index (Phi) is 3.62. The number of rotatable bonds is 3. The van der Waals surface area contributed by atoms with Crippen molar-refractivity contribution in [2.24, 2.45) is 5.73 Å². The van der Waals surface area contributed by atoms with E-state index in [1.807, 2.05) is 0 Å². The maximum Gasteiger partial charge on any atom is 0.416 e. The molecule has 6 heteroatoms. The maximum absolute atomic E-state index is 12.4. The van der Waals surface area contributed by atoms with Gasteiger partial charge in [0.15, 0.2) is 5.78 Å². The van der Waals surface area contributed by atoms with E-state index < -0.39 is 28.8 Å². The van der Waals surface area contributed by atoms with Crippen LogP contribution < -0.4 is 5.73 Å². The molecule has 98 valence electrons. The number of ketones is 2. The third kappa shape index (κ3) is 2.76. The van der Waals surface area contributed by atoms with Crippen LogP contribution in [0.4, 0.5) is 13.2 Å². The Bertz CT molecular complexity index is 475. The van der Waals surface area contributed by atoms with E-state index in [-0.39, 0.29) is 5.56 Å². The van der Waals surface area contributed by atoms with E-state index in [1.165, 1.54) is 6.92 Å². The Hall–Kier alpha value is -1.69. The van der Waals surface area contributed by atoms with Crippen molar-refractivity contribution in [3.05, 3.63) is 35.4 Å². The number of carbonyl (C=O) groups excluding carboxylic acids is 2. The monoisotopic (exact) mass is 259 g/mol. The number of alkyl halides is 3. The first-order valence-corrected chi connectivity index (χ1v) is 5.09. The van der Waals surface area contributed by atoms with Gasteiger partial charge in [0, 0.05) is 6.92 Å². The number of hydrogen-bond donors (Lipinski definition) is 1. The molecule has 0 bridgehead atoms. The maximum atomic E-state index is 12.4. The second-order valence-electron chi connectivity index (χ2n) is 4.16. The van der Waals surface area contributed by atoms with Crippen molar-refractivity contribution >= 4 is 11.6 Å². The van der Waals surface area contributed by atoms with Crippen LogP contribution in [0.25, 0.3) is 0 Å². The number of halogens is 3. The minimum Gasteiger partial charge on any atom is -0.315 e. The van der Waals surface area contributed by atoms with Gasteiger partial charge in [-0.25, -0.2) is 0 Å². The molecule has 0 aliphatic carbocycles. The zero-order valence-corrected chi connectivity index (χ0v) is 9.84. The van der Waals surface area contributed by atoms with Gasteiger partial charge in [0.2, 0.25) is 5.78 Å². The summed E-state index contributed by atoms with van der Waals surface area (Å²) >= 11 is 0. The molecule has 2 N–H and O–H groups in total. The summed E-state index contributed by atoms with van der Waals surface area (Å²) in [6.07, 6.45) is -4.45. The van der Waals surface area contributed by atoms with Gasteiger partial charge in [-0.3, -0.25) is 9.59 Å². The van der Waals surface area contributed by atoms with Gasteiger partial charge in [-0.2, -0.15) is 13.2 Å². The molecule has 0 fully saturated rings. The molecular weight excluding hydrogens is 247 g/mol. The van der Waals surface area contributed by atoms with E-state index in [4.69, 9.17) is 5.73 Å². The highest BCUT2D eigenvalue weighted by Crippen LogP contribution is 2.30. The average molecular weight is 259 g/mol. The number of hydrogen-bond acceptors (Lipinski definition) is 3. The predicted octanol–water partition coefficient (Wildman–Crippen LogP) is 2.04. The van der Waals surface area contributed by atoms with E-state index in [0.717, 1.165) is 31.2 Å². The Labute approximate surface area is 102 Å². The summed E-state index contributed by atoms with van der Waals surface area (Å²) in [7, 11) is 0. The first-order valence-electron chi connectivity index (χ1n) is 5.09. The van der Waals surface area contributed by atoms with Gasteiger partial charge in [-0.1, -0.05) is 12.1 Å². The molecule has 1 aromatic carbocycles. The fourth-order valence-corrected chi connectivity index (χ4v) is 1.50. The summed E-state index contributed by atoms with van der Waals surface area (Å²) in [4.78, 5) is 22.5. The van der Waals surface area contributed by atoms with Crippen molar-refractivity contribution in [2.45, 2.75) is 25.6 Å². The third-order valence-electron chi connectivity index (χ3n) is 2.60. The van der Waals surface area contributed by atoms with Crippen LogP contribution >= 0.6 is 0 Å². The van der Waals surface area contributed by atoms with Gasteiger partial charge < -0.3 is 5.73 Å². The summed E-state index contributed by atoms with van der Waals surface area (Å²) < 4.78 is 37.1. The van der Waals surface area contributed by atoms with Crippen LogP contribution in [0.15, 0.2) is 24.3 Å². The fourth-order valence-electron chi connectivity index (χ4n) is 1.50. The van der Waals surface area contributed by atoms with E-state index in [0.29, 0.717) is 0 Å². The Morgan fingerprint density at radius 3 is 1.78 bits per heavy atom. The highest BCUT2D eigenvalue weighted by Gasteiger charge is 2.35. The largest absolute Gasteiger partial charge is 0.416 e. The molecule has 0 aliphatic rings. The second-order valence-corrected chi connectivity index (χ2v) is 4.16. The van der Waals surface area contributed by atoms with Crippen molar-refractivity contribution < 1.29 is 22.8 Å². The lowest BCUT2D eigenvalue weighted by Gasteiger charge is -2.22. The lowest BCUT2D eigenvalue weighted by atomic mass is 9.86. The molecule has 0 aromatic heterocycles. The van der Waals surface area contributed by atoms with Crippen molar-refractivity contribution in [1.29, 1.82) is 0 Å². The van der Waals surface area contributed by atoms with E-state index in [9.17, 15) is 22.8 Å². The third-order valence-corrected chi connectivity index (χ3v) is 2.60. The van der Waals surface area contributed by atoms with Crippen LogP contribution in [0.2, 0.25) is 0 Å². The van der Waals surface area contributed by atoms with Crippen LogP contribution in [0, 0.1) is 0 Å². The summed E-state index contributed by atoms with van der Waals surface area (Å²) in [5, 5.41) is 0. The number of carbonyl (C=O) groups is 2. The SMILES string of the molecule is CC(=O)C(=O)C(C)(N)c1ccc(C(F)(F)F)cc1. The van der Waals surface area contributed by atoms with Crippen LogP contribution in [0.3, 0.4) is 0 Å². The summed E-state index contributed by atoms with van der Waals surface area (Å²) in [6, 6.07) is 3.86. The standard InChI is InChI=1S/C12H12F3NO2/c1-7(17)10(18)11(2,16)8-3-5-9(6-4-8)12(13,14)15/h3-6H,16H2,1-2H3. The molecule has 0 aliphatic heterocycles. The van der Waals surface area contributed by atoms with Crippen molar-refractivity contribution in [1.82, 2.24) is 0 Å². The normalized spacial score (nSPS) is 15.0. The first-order chi connectivity index (χ1) is 8.06. The molecule has 0 amide bonds. The lowest BCUT2D eigenvalue weighted by Crippen LogP contribution is -2.45. The van der Waals surface area contributed by atoms with Gasteiger partial charge in [0.25, 0.3) is 0 Å². The lowest BCUT2D eigenvalue weighted by molar-refractivity contribution is -0.138. The smallest absolute Gasteiger partial charge is 0.315 e. The van der Waals surface area contributed by atoms with E-state index >= 15 is 0 Å². The molecule has 1 atom stereocenters. The molecule has 0 heterocycles. The molecule has 0 saturated heterocycles. The van der Waals surface area contributed by atoms with E-state index in [1.54, 1.807) is 0 Å². The number of nitrogens with two attached hydrogens (primary N) is 1. The molecule has 1 unspecified atom stereocenters. The van der Waals surface area contributed by atoms with Gasteiger partial charge in [0.05, 0.1) is 5.56 Å². The highest BCUT2D eigenvalue weighted by molar-refractivity contribution is 6.39. The zero-order chi connectivity index (χ0) is 14.1. The number of Topliss-reactive ketones (excluding diaryl/α,β-unsaturated/α-hetero) is 2. The first kappa shape index (κ1) is 14.4. The minimum atomic E-state index is -4.45. The van der Waals surface area contributed by atoms with Crippen LogP contribution in [-0.4, -0.2) is 11.6 Å². The van der Waals surface area contributed by atoms with Crippen LogP contribution in [0.5, 0.6) is 0 Å². The van der Waals surface area contributed by atoms with Crippen molar-refractivity contribution in [2.75, 3.05) is 0 Å². The number of benzene rings is 1. The molecule has 1 aromatic rings. The summed E-state index contributed by atoms with van der Waals surface area (Å²) in [5.41, 5.74) is 3.40. The Morgan fingerprint density at radius 2 is 1.44 bits per heavy atom. The predicted molar refractivity (Wildman–Crippen MR) is 58.7 cm³/mol. The molecule has 3 nitrogen and oxygen atoms in total.